The summed E-state index contributed by atoms with van der Waals surface area (Å²) in [5, 5.41) is 0. The summed E-state index contributed by atoms with van der Waals surface area (Å²) >= 11 is 0. The second-order valence-electron chi connectivity index (χ2n) is 6.21. The minimum atomic E-state index is -3.76. The highest BCUT2D eigenvalue weighted by molar-refractivity contribution is 7.89. The van der Waals surface area contributed by atoms with E-state index >= 15 is 0 Å². The topological polar surface area (TPSA) is 79.4 Å². The van der Waals surface area contributed by atoms with Crippen LogP contribution in [0.2, 0.25) is 0 Å². The molecule has 1 aliphatic rings. The average molecular weight is 377 g/mol. The Morgan fingerprint density at radius 1 is 1.15 bits per heavy atom. The highest BCUT2D eigenvalue weighted by Gasteiger charge is 2.32. The van der Waals surface area contributed by atoms with Gasteiger partial charge in [-0.1, -0.05) is 0 Å². The first-order chi connectivity index (χ1) is 12.5. The van der Waals surface area contributed by atoms with E-state index in [1.807, 2.05) is 12.1 Å². The lowest BCUT2D eigenvalue weighted by Gasteiger charge is -2.22. The molecule has 138 valence electrons. The van der Waals surface area contributed by atoms with Crippen molar-refractivity contribution in [1.82, 2.24) is 14.6 Å². The number of halogens is 1. The highest BCUT2D eigenvalue weighted by atomic mass is 32.2. The molecule has 1 aromatic heterocycles. The fourth-order valence-electron chi connectivity index (χ4n) is 2.63. The fourth-order valence-corrected chi connectivity index (χ4v) is 3.66. The van der Waals surface area contributed by atoms with Gasteiger partial charge in [0.2, 0.25) is 15.9 Å². The lowest BCUT2D eigenvalue weighted by Crippen LogP contribution is -2.35. The second-order valence-corrected chi connectivity index (χ2v) is 7.98. The van der Waals surface area contributed by atoms with Gasteiger partial charge in [0.05, 0.1) is 4.90 Å². The van der Waals surface area contributed by atoms with Crippen LogP contribution in [0.4, 0.5) is 4.39 Å². The molecular weight excluding hydrogens is 357 g/mol. The minimum absolute atomic E-state index is 0.00188. The van der Waals surface area contributed by atoms with Crippen LogP contribution in [0.3, 0.4) is 0 Å². The SMILES string of the molecule is O=C(CCNS(=O)(=O)c1ccc(F)cc1)N(Cc1ccncc1)C1CC1. The first-order valence-electron chi connectivity index (χ1n) is 8.39. The molecule has 0 bridgehead atoms. The van der Waals surface area contributed by atoms with Gasteiger partial charge in [0.15, 0.2) is 0 Å². The Hall–Kier alpha value is -2.32. The van der Waals surface area contributed by atoms with Crippen LogP contribution in [0.25, 0.3) is 0 Å². The molecule has 1 aromatic carbocycles. The van der Waals surface area contributed by atoms with Crippen molar-refractivity contribution < 1.29 is 17.6 Å². The molecule has 1 saturated carbocycles. The summed E-state index contributed by atoms with van der Waals surface area (Å²) in [6, 6.07) is 8.51. The van der Waals surface area contributed by atoms with Crippen LogP contribution in [0, 0.1) is 5.82 Å². The molecule has 3 rings (SSSR count). The predicted octanol–water partition coefficient (Wildman–Crippen LogP) is 2.08. The van der Waals surface area contributed by atoms with E-state index in [-0.39, 0.29) is 29.8 Å². The Balaban J connectivity index is 1.56. The number of carbonyl (C=O) groups excluding carboxylic acids is 1. The van der Waals surface area contributed by atoms with Crippen LogP contribution in [-0.4, -0.2) is 36.8 Å². The fraction of sp³-hybridized carbons (Fsp3) is 0.333. The van der Waals surface area contributed by atoms with E-state index in [4.69, 9.17) is 0 Å². The van der Waals surface area contributed by atoms with E-state index in [0.717, 1.165) is 30.5 Å². The Morgan fingerprint density at radius 2 is 1.81 bits per heavy atom. The minimum Gasteiger partial charge on any atom is -0.335 e. The van der Waals surface area contributed by atoms with Gasteiger partial charge in [-0.05, 0) is 54.8 Å². The van der Waals surface area contributed by atoms with Crippen molar-refractivity contribution in [2.24, 2.45) is 0 Å². The van der Waals surface area contributed by atoms with Crippen molar-refractivity contribution >= 4 is 15.9 Å². The molecule has 0 unspecified atom stereocenters. The van der Waals surface area contributed by atoms with Crippen molar-refractivity contribution in [3.05, 3.63) is 60.2 Å². The summed E-state index contributed by atoms with van der Waals surface area (Å²) < 4.78 is 39.6. The maximum absolute atomic E-state index is 12.9. The van der Waals surface area contributed by atoms with Crippen LogP contribution >= 0.6 is 0 Å². The van der Waals surface area contributed by atoms with Crippen LogP contribution in [0.5, 0.6) is 0 Å². The van der Waals surface area contributed by atoms with Gasteiger partial charge in [-0.3, -0.25) is 9.78 Å². The molecule has 0 spiro atoms. The zero-order valence-electron chi connectivity index (χ0n) is 14.1. The number of hydrogen-bond donors (Lipinski definition) is 1. The predicted molar refractivity (Wildman–Crippen MR) is 94.0 cm³/mol. The zero-order chi connectivity index (χ0) is 18.6. The summed E-state index contributed by atoms with van der Waals surface area (Å²) in [4.78, 5) is 18.3. The standard InChI is InChI=1S/C18H20FN3O3S/c19-15-1-5-17(6-2-15)26(24,25)21-12-9-18(23)22(16-3-4-16)13-14-7-10-20-11-8-14/h1-2,5-8,10-11,16,21H,3-4,9,12-13H2. The lowest BCUT2D eigenvalue weighted by molar-refractivity contribution is -0.132. The number of nitrogens with zero attached hydrogens (tertiary/aromatic N) is 2. The Bertz CT molecular complexity index is 853. The summed E-state index contributed by atoms with van der Waals surface area (Å²) in [6.07, 6.45) is 5.38. The first-order valence-corrected chi connectivity index (χ1v) is 9.87. The molecule has 1 aliphatic carbocycles. The van der Waals surface area contributed by atoms with E-state index < -0.39 is 15.8 Å². The van der Waals surface area contributed by atoms with Crippen LogP contribution in [-0.2, 0) is 21.4 Å². The summed E-state index contributed by atoms with van der Waals surface area (Å²) in [5.74, 6) is -0.596. The third-order valence-corrected chi connectivity index (χ3v) is 5.64. The number of rotatable bonds is 8. The molecule has 6 nitrogen and oxygen atoms in total. The van der Waals surface area contributed by atoms with Crippen molar-refractivity contribution in [3.8, 4) is 0 Å². The number of amides is 1. The van der Waals surface area contributed by atoms with E-state index in [9.17, 15) is 17.6 Å². The quantitative estimate of drug-likeness (QED) is 0.764. The van der Waals surface area contributed by atoms with Gasteiger partial charge >= 0.3 is 0 Å². The molecular formula is C18H20FN3O3S. The Kier molecular flexibility index (Phi) is 5.63. The molecule has 1 heterocycles. The third-order valence-electron chi connectivity index (χ3n) is 4.17. The molecule has 1 amide bonds. The molecule has 0 saturated heterocycles. The second kappa shape index (κ2) is 7.92. The van der Waals surface area contributed by atoms with Crippen LogP contribution in [0.15, 0.2) is 53.7 Å². The number of benzene rings is 1. The monoisotopic (exact) mass is 377 g/mol. The van der Waals surface area contributed by atoms with Crippen molar-refractivity contribution in [3.63, 3.8) is 0 Å². The smallest absolute Gasteiger partial charge is 0.240 e. The van der Waals surface area contributed by atoms with Gasteiger partial charge < -0.3 is 4.90 Å². The van der Waals surface area contributed by atoms with E-state index in [0.29, 0.717) is 6.54 Å². The van der Waals surface area contributed by atoms with Gasteiger partial charge in [-0.2, -0.15) is 0 Å². The Labute approximate surface area is 152 Å². The number of carbonyl (C=O) groups is 1. The maximum atomic E-state index is 12.9. The molecule has 1 N–H and O–H groups in total. The summed E-state index contributed by atoms with van der Waals surface area (Å²) in [6.45, 7) is 0.495. The molecule has 8 heteroatoms. The normalized spacial score (nSPS) is 14.2. The molecule has 0 atom stereocenters. The number of pyridine rings is 1. The number of aromatic nitrogens is 1. The first kappa shape index (κ1) is 18.5. The maximum Gasteiger partial charge on any atom is 0.240 e. The number of nitrogens with one attached hydrogen (secondary N) is 1. The number of sulfonamides is 1. The van der Waals surface area contributed by atoms with Crippen molar-refractivity contribution in [2.45, 2.75) is 36.7 Å². The van der Waals surface area contributed by atoms with Crippen LogP contribution in [0.1, 0.15) is 24.8 Å². The van der Waals surface area contributed by atoms with E-state index in [1.165, 1.54) is 12.1 Å². The van der Waals surface area contributed by atoms with E-state index in [2.05, 4.69) is 9.71 Å². The Morgan fingerprint density at radius 3 is 2.42 bits per heavy atom. The summed E-state index contributed by atoms with van der Waals surface area (Å²) in [5.41, 5.74) is 0.993. The van der Waals surface area contributed by atoms with Crippen molar-refractivity contribution in [1.29, 1.82) is 0 Å². The lowest BCUT2D eigenvalue weighted by atomic mass is 10.2. The van der Waals surface area contributed by atoms with Gasteiger partial charge in [0.25, 0.3) is 0 Å². The molecule has 0 aliphatic heterocycles. The highest BCUT2D eigenvalue weighted by Crippen LogP contribution is 2.28. The molecule has 0 radical (unpaired) electrons. The number of hydrogen-bond acceptors (Lipinski definition) is 4. The molecule has 1 fully saturated rings. The largest absolute Gasteiger partial charge is 0.335 e. The van der Waals surface area contributed by atoms with Gasteiger partial charge in [0, 0.05) is 37.9 Å². The van der Waals surface area contributed by atoms with Crippen LogP contribution < -0.4 is 4.72 Å². The summed E-state index contributed by atoms with van der Waals surface area (Å²) in [7, 11) is -3.76. The van der Waals surface area contributed by atoms with Crippen molar-refractivity contribution in [2.75, 3.05) is 6.54 Å². The zero-order valence-corrected chi connectivity index (χ0v) is 15.0. The molecule has 26 heavy (non-hydrogen) atoms. The molecule has 2 aromatic rings. The van der Waals surface area contributed by atoms with Gasteiger partial charge in [0.1, 0.15) is 5.82 Å². The average Bonchev–Trinajstić information content (AvgIpc) is 3.45. The van der Waals surface area contributed by atoms with Gasteiger partial charge in [-0.25, -0.2) is 17.5 Å². The van der Waals surface area contributed by atoms with Gasteiger partial charge in [-0.15, -0.1) is 0 Å². The van der Waals surface area contributed by atoms with E-state index in [1.54, 1.807) is 17.3 Å². The third kappa shape index (κ3) is 4.86.